The van der Waals surface area contributed by atoms with E-state index >= 15 is 0 Å². The Morgan fingerprint density at radius 3 is 1.17 bits per heavy atom. The van der Waals surface area contributed by atoms with Crippen LogP contribution in [0.5, 0.6) is 23.0 Å². The Hall–Kier alpha value is -8.18. The normalized spacial score (nSPS) is 9.45. The molecule has 0 atom stereocenters. The topological polar surface area (TPSA) is 257 Å². The van der Waals surface area contributed by atoms with E-state index in [0.717, 1.165) is 12.2 Å². The van der Waals surface area contributed by atoms with Crippen LogP contribution in [0, 0.1) is 0 Å². The van der Waals surface area contributed by atoms with Gasteiger partial charge in [0.05, 0.1) is 44.0 Å². The number of benzene rings is 6. The Morgan fingerprint density at radius 1 is 0.449 bits per heavy atom. The van der Waals surface area contributed by atoms with Gasteiger partial charge in [-0.05, 0) is 104 Å². The van der Waals surface area contributed by atoms with Crippen molar-refractivity contribution in [2.24, 2.45) is 0 Å². The summed E-state index contributed by atoms with van der Waals surface area (Å²) >= 11 is 0. The second-order valence-corrected chi connectivity index (χ2v) is 13.0. The summed E-state index contributed by atoms with van der Waals surface area (Å²) in [4.78, 5) is 89.2. The van der Waals surface area contributed by atoms with Crippen molar-refractivity contribution in [3.63, 3.8) is 0 Å². The molecule has 0 aliphatic rings. The van der Waals surface area contributed by atoms with Crippen LogP contribution in [0.25, 0.3) is 0 Å². The fourth-order valence-corrected chi connectivity index (χ4v) is 5.39. The van der Waals surface area contributed by atoms with Crippen LogP contribution in [0.15, 0.2) is 158 Å². The van der Waals surface area contributed by atoms with Gasteiger partial charge in [-0.1, -0.05) is 69.5 Å². The number of aliphatic carboxylic acids is 1. The molecule has 6 aromatic rings. The number of hydrogen-bond acceptors (Lipinski definition) is 13. The van der Waals surface area contributed by atoms with Gasteiger partial charge in [-0.3, -0.25) is 14.4 Å². The maximum Gasteiger partial charge on any atom is 1.00 e. The largest absolute Gasteiger partial charge is 1.00 e. The zero-order valence-corrected chi connectivity index (χ0v) is 38.7. The summed E-state index contributed by atoms with van der Waals surface area (Å²) in [7, 11) is 4.59. The summed E-state index contributed by atoms with van der Waals surface area (Å²) in [6.45, 7) is 1.35. The molecule has 0 spiro atoms. The Kier molecular flexibility index (Phi) is 27.3. The summed E-state index contributed by atoms with van der Waals surface area (Å²) in [5.74, 6) is -4.17. The maximum atomic E-state index is 12.2. The molecule has 0 aliphatic heterocycles. The third-order valence-electron chi connectivity index (χ3n) is 8.68. The molecule has 0 saturated heterocycles. The quantitative estimate of drug-likeness (QED) is 0.0412. The number of ketones is 3. The average Bonchev–Trinajstić information content (AvgIpc) is 3.33. The first-order valence-electron chi connectivity index (χ1n) is 19.1. The Balaban J connectivity index is 0.000000895. The molecule has 0 fully saturated rings. The van der Waals surface area contributed by atoms with E-state index in [0.29, 0.717) is 34.1 Å². The Labute approximate surface area is 420 Å². The third kappa shape index (κ3) is 19.3. The molecule has 0 aliphatic carbocycles. The van der Waals surface area contributed by atoms with Gasteiger partial charge in [-0.2, -0.15) is 0 Å². The van der Waals surface area contributed by atoms with Crippen molar-refractivity contribution in [2.75, 3.05) is 21.3 Å². The molecule has 69 heavy (non-hydrogen) atoms. The minimum atomic E-state index is -1.36. The van der Waals surface area contributed by atoms with Crippen LogP contribution < -0.4 is 53.6 Å². The molecule has 0 bridgehead atoms. The molecule has 3 N–H and O–H groups in total. The van der Waals surface area contributed by atoms with E-state index in [4.69, 9.17) is 34.3 Å². The van der Waals surface area contributed by atoms with Crippen molar-refractivity contribution >= 4 is 47.2 Å². The summed E-state index contributed by atoms with van der Waals surface area (Å²) in [6.07, 6.45) is 1.83. The number of esters is 1. The molecule has 0 saturated carbocycles. The first-order chi connectivity index (χ1) is 31.5. The van der Waals surface area contributed by atoms with Gasteiger partial charge in [0.15, 0.2) is 17.3 Å². The predicted molar refractivity (Wildman–Crippen MR) is 250 cm³/mol. The number of Topliss-reactive ketones (excluding diaryl/α,β-unsaturated/α-hetero) is 1. The minimum Gasteiger partial charge on any atom is -0.545 e. The molecule has 0 unspecified atom stereocenters. The molecule has 0 aromatic heterocycles. The Bertz CT molecular complexity index is 2680. The molecular formula is C52H49NaO16. The zero-order valence-electron chi connectivity index (χ0n) is 36.7. The van der Waals surface area contributed by atoms with Crippen LogP contribution in [-0.4, -0.2) is 83.8 Å². The van der Waals surface area contributed by atoms with Crippen LogP contribution in [-0.2, 0) is 4.79 Å². The van der Waals surface area contributed by atoms with Gasteiger partial charge in [-0.25, -0.2) is 19.2 Å². The molecule has 0 radical (unpaired) electrons. The number of carbonyl (C=O) groups excluding carboxylic acids is 5. The van der Waals surface area contributed by atoms with Crippen LogP contribution in [0.2, 0.25) is 0 Å². The van der Waals surface area contributed by atoms with E-state index in [-0.39, 0.29) is 95.1 Å². The van der Waals surface area contributed by atoms with Gasteiger partial charge in [0.25, 0.3) is 0 Å². The van der Waals surface area contributed by atoms with Crippen LogP contribution >= 0.6 is 0 Å². The second kappa shape index (κ2) is 30.9. The standard InChI is InChI=1S/C15H12O5.C15H12O4.C11H10O4.C9H8O3.2CH4.Na/c1-19-10-6-8-11(9-7-10)20-15(18)13-5-3-2-4-12(13)14(16)17;1-19-11-8-6-10(7-9-11)14(16)12-4-2-3-5-13(12)15(17)18;1-15-9-4-2-8(3-5-9)10(12)6-7-11(13)14;1-6(10)7-4-2-3-5-8(7)9(11)12;;;/h2-9H,1H3,(H,16,17);2-9H,1H3,(H,17,18);2-7H,1H3,(H,13,14);2-5H,1H3,(H,11,12);2*1H4;/q;;;;;;+1/p-1/b;;7-6+;;;;. The van der Waals surface area contributed by atoms with Gasteiger partial charge in [0, 0.05) is 33.9 Å². The maximum absolute atomic E-state index is 12.2. The van der Waals surface area contributed by atoms with Gasteiger partial charge < -0.3 is 44.2 Å². The monoisotopic (exact) mass is 952 g/mol. The van der Waals surface area contributed by atoms with E-state index in [1.165, 1.54) is 64.7 Å². The number of allylic oxidation sites excluding steroid dienone is 1. The van der Waals surface area contributed by atoms with E-state index < -0.39 is 29.8 Å². The van der Waals surface area contributed by atoms with Crippen molar-refractivity contribution in [1.82, 2.24) is 0 Å². The van der Waals surface area contributed by atoms with E-state index in [1.807, 2.05) is 0 Å². The smallest absolute Gasteiger partial charge is 0.545 e. The Morgan fingerprint density at radius 2 is 0.797 bits per heavy atom. The molecular weight excluding hydrogens is 904 g/mol. The van der Waals surface area contributed by atoms with Crippen molar-refractivity contribution in [3.8, 4) is 23.0 Å². The molecule has 354 valence electrons. The van der Waals surface area contributed by atoms with Crippen molar-refractivity contribution in [3.05, 3.63) is 202 Å². The summed E-state index contributed by atoms with van der Waals surface area (Å²) in [5.41, 5.74) is 1.07. The van der Waals surface area contributed by atoms with Crippen LogP contribution in [0.1, 0.15) is 99.8 Å². The van der Waals surface area contributed by atoms with Crippen molar-refractivity contribution < 1.29 is 107 Å². The van der Waals surface area contributed by atoms with E-state index in [2.05, 4.69) is 0 Å². The molecule has 17 heteroatoms. The number of ether oxygens (including phenoxy) is 4. The third-order valence-corrected chi connectivity index (χ3v) is 8.68. The molecule has 0 amide bonds. The van der Waals surface area contributed by atoms with Crippen molar-refractivity contribution in [1.29, 1.82) is 0 Å². The SMILES string of the molecule is C.C.CC(=O)c1ccccc1C(=O)O.COc1ccc(C(=O)/C=C/C(=O)O)cc1.COc1ccc(C(=O)c2ccccc2C(=O)[O-])cc1.COc1ccc(OC(=O)c2ccccc2C(=O)O)cc1.[Na+]. The average molecular weight is 953 g/mol. The van der Waals surface area contributed by atoms with Gasteiger partial charge >= 0.3 is 53.4 Å². The van der Waals surface area contributed by atoms with Gasteiger partial charge in [0.2, 0.25) is 0 Å². The molecule has 6 rings (SSSR count). The first-order valence-corrected chi connectivity index (χ1v) is 19.1. The number of carboxylic acid groups (broad SMARTS) is 4. The summed E-state index contributed by atoms with van der Waals surface area (Å²) in [5, 5.41) is 37.0. The fraction of sp³-hybridized carbons (Fsp3) is 0.115. The fourth-order valence-electron chi connectivity index (χ4n) is 5.39. The molecule has 6 aromatic carbocycles. The summed E-state index contributed by atoms with van der Waals surface area (Å²) < 4.78 is 20.0. The first kappa shape index (κ1) is 60.8. The predicted octanol–water partition coefficient (Wildman–Crippen LogP) is 5.28. The minimum absolute atomic E-state index is 0. The number of carbonyl (C=O) groups is 8. The number of methoxy groups -OCH3 is 3. The number of rotatable bonds is 14. The van der Waals surface area contributed by atoms with Crippen LogP contribution in [0.4, 0.5) is 0 Å². The second-order valence-electron chi connectivity index (χ2n) is 13.0. The van der Waals surface area contributed by atoms with Crippen LogP contribution in [0.3, 0.4) is 0 Å². The molecule has 0 heterocycles. The van der Waals surface area contributed by atoms with Gasteiger partial charge in [-0.15, -0.1) is 0 Å². The van der Waals surface area contributed by atoms with Gasteiger partial charge in [0.1, 0.15) is 23.0 Å². The molecule has 16 nitrogen and oxygen atoms in total. The number of hydrogen-bond donors (Lipinski definition) is 3. The zero-order chi connectivity index (χ0) is 48.8. The number of carboxylic acids is 4. The van der Waals surface area contributed by atoms with E-state index in [1.54, 1.807) is 109 Å². The number of aromatic carboxylic acids is 3. The van der Waals surface area contributed by atoms with E-state index in [9.17, 15) is 43.5 Å². The van der Waals surface area contributed by atoms with Crippen molar-refractivity contribution in [2.45, 2.75) is 21.8 Å². The summed E-state index contributed by atoms with van der Waals surface area (Å²) in [6, 6.07) is 37.4.